The van der Waals surface area contributed by atoms with Crippen LogP contribution in [0, 0.1) is 13.8 Å². The normalized spacial score (nSPS) is 12.8. The number of hydrogen-bond acceptors (Lipinski definition) is 1. The van der Waals surface area contributed by atoms with Crippen LogP contribution in [-0.4, -0.2) is 0 Å². The largest absolute Gasteiger partial charge is 0.130 e. The molecule has 90 valence electrons. The van der Waals surface area contributed by atoms with Crippen molar-refractivity contribution in [3.63, 3.8) is 0 Å². The minimum atomic E-state index is 0.205. The van der Waals surface area contributed by atoms with Gasteiger partial charge in [-0.2, -0.15) is 0 Å². The number of benzene rings is 1. The molecule has 1 aromatic carbocycles. The standard InChI is InChI=1S/C13H11Br2ClS/c1-7-4-3-5-9(8(7)2)12(14)11-6-10(16)13(15)17-11/h3-6,12H,1-2H3. The third-order valence-electron chi connectivity index (χ3n) is 2.83. The Morgan fingerprint density at radius 2 is 2.00 bits per heavy atom. The molecule has 0 aliphatic carbocycles. The van der Waals surface area contributed by atoms with E-state index in [1.807, 2.05) is 6.07 Å². The smallest absolute Gasteiger partial charge is 0.0887 e. The Morgan fingerprint density at radius 1 is 1.29 bits per heavy atom. The summed E-state index contributed by atoms with van der Waals surface area (Å²) in [6.45, 7) is 4.29. The van der Waals surface area contributed by atoms with Crippen molar-refractivity contribution in [3.8, 4) is 0 Å². The summed E-state index contributed by atoms with van der Waals surface area (Å²) in [5.74, 6) is 0. The fourth-order valence-corrected chi connectivity index (χ4v) is 4.34. The maximum absolute atomic E-state index is 6.07. The van der Waals surface area contributed by atoms with Crippen molar-refractivity contribution < 1.29 is 0 Å². The molecular formula is C13H11Br2ClS. The Kier molecular flexibility index (Phi) is 4.35. The molecule has 0 saturated heterocycles. The number of aryl methyl sites for hydroxylation is 1. The molecule has 2 aromatic rings. The van der Waals surface area contributed by atoms with Gasteiger partial charge in [0.05, 0.1) is 13.6 Å². The summed E-state index contributed by atoms with van der Waals surface area (Å²) in [4.78, 5) is 1.42. The zero-order valence-corrected chi connectivity index (χ0v) is 14.2. The molecule has 0 aliphatic heterocycles. The van der Waals surface area contributed by atoms with Gasteiger partial charge in [0.1, 0.15) is 0 Å². The molecule has 0 N–H and O–H groups in total. The Hall–Kier alpha value is 0.170. The number of alkyl halides is 1. The molecule has 0 saturated carbocycles. The summed E-state index contributed by atoms with van der Waals surface area (Å²) < 4.78 is 0.990. The predicted molar refractivity (Wildman–Crippen MR) is 83.7 cm³/mol. The molecule has 1 heterocycles. The molecule has 0 fully saturated rings. The van der Waals surface area contributed by atoms with Crippen LogP contribution in [0.1, 0.15) is 26.4 Å². The summed E-state index contributed by atoms with van der Waals surface area (Å²) in [6, 6.07) is 8.40. The summed E-state index contributed by atoms with van der Waals surface area (Å²) in [5.41, 5.74) is 3.94. The van der Waals surface area contributed by atoms with Crippen LogP contribution in [0.15, 0.2) is 28.1 Å². The van der Waals surface area contributed by atoms with Gasteiger partial charge in [0.15, 0.2) is 0 Å². The van der Waals surface area contributed by atoms with Gasteiger partial charge < -0.3 is 0 Å². The van der Waals surface area contributed by atoms with Gasteiger partial charge in [-0.3, -0.25) is 0 Å². The van der Waals surface area contributed by atoms with Crippen molar-refractivity contribution in [2.75, 3.05) is 0 Å². The average molecular weight is 395 g/mol. The lowest BCUT2D eigenvalue weighted by Crippen LogP contribution is -1.95. The number of hydrogen-bond donors (Lipinski definition) is 0. The first kappa shape index (κ1) is 13.6. The van der Waals surface area contributed by atoms with E-state index in [2.05, 4.69) is 63.9 Å². The molecule has 1 atom stereocenters. The molecule has 0 bridgehead atoms. The highest BCUT2D eigenvalue weighted by atomic mass is 79.9. The minimum Gasteiger partial charge on any atom is -0.130 e. The first-order valence-electron chi connectivity index (χ1n) is 5.15. The second-order valence-corrected chi connectivity index (χ2v) is 7.65. The zero-order valence-electron chi connectivity index (χ0n) is 9.43. The average Bonchev–Trinajstić information content (AvgIpc) is 2.62. The molecule has 0 aliphatic rings. The quantitative estimate of drug-likeness (QED) is 0.527. The van der Waals surface area contributed by atoms with Gasteiger partial charge in [-0.15, -0.1) is 11.3 Å². The SMILES string of the molecule is Cc1cccc(C(Br)c2cc(Cl)c(Br)s2)c1C. The fourth-order valence-electron chi connectivity index (χ4n) is 1.69. The predicted octanol–water partition coefficient (Wildman–Crippen LogP) is 6.27. The van der Waals surface area contributed by atoms with E-state index < -0.39 is 0 Å². The number of halogens is 3. The molecular weight excluding hydrogens is 383 g/mol. The van der Waals surface area contributed by atoms with Crippen LogP contribution in [0.25, 0.3) is 0 Å². The van der Waals surface area contributed by atoms with Crippen molar-refractivity contribution in [2.24, 2.45) is 0 Å². The Morgan fingerprint density at radius 3 is 2.59 bits per heavy atom. The molecule has 1 unspecified atom stereocenters. The van der Waals surface area contributed by atoms with Gasteiger partial charge in [0.2, 0.25) is 0 Å². The second kappa shape index (κ2) is 5.43. The van der Waals surface area contributed by atoms with Gasteiger partial charge in [0.25, 0.3) is 0 Å². The molecule has 0 amide bonds. The van der Waals surface area contributed by atoms with E-state index in [-0.39, 0.29) is 4.83 Å². The highest BCUT2D eigenvalue weighted by Gasteiger charge is 2.17. The third kappa shape index (κ3) is 2.78. The fraction of sp³-hybridized carbons (Fsp3) is 0.231. The maximum atomic E-state index is 6.07. The topological polar surface area (TPSA) is 0 Å². The summed E-state index contributed by atoms with van der Waals surface area (Å²) in [5, 5.41) is 0.778. The van der Waals surface area contributed by atoms with Crippen LogP contribution in [-0.2, 0) is 0 Å². The highest BCUT2D eigenvalue weighted by Crippen LogP contribution is 2.42. The van der Waals surface area contributed by atoms with Crippen molar-refractivity contribution in [2.45, 2.75) is 18.7 Å². The van der Waals surface area contributed by atoms with Crippen LogP contribution in [0.5, 0.6) is 0 Å². The van der Waals surface area contributed by atoms with Crippen LogP contribution in [0.2, 0.25) is 5.02 Å². The molecule has 1 aromatic heterocycles. The van der Waals surface area contributed by atoms with E-state index in [0.29, 0.717) is 0 Å². The Bertz CT molecular complexity index is 529. The van der Waals surface area contributed by atoms with E-state index in [1.54, 1.807) is 11.3 Å². The van der Waals surface area contributed by atoms with Gasteiger partial charge in [-0.1, -0.05) is 45.7 Å². The summed E-state index contributed by atoms with van der Waals surface area (Å²) in [6.07, 6.45) is 0. The third-order valence-corrected chi connectivity index (χ3v) is 6.66. The minimum absolute atomic E-state index is 0.205. The van der Waals surface area contributed by atoms with Crippen LogP contribution in [0.4, 0.5) is 0 Å². The van der Waals surface area contributed by atoms with Crippen molar-refractivity contribution in [1.29, 1.82) is 0 Å². The molecule has 2 rings (SSSR count). The first-order valence-corrected chi connectivity index (χ1v) is 8.06. The van der Waals surface area contributed by atoms with Crippen LogP contribution < -0.4 is 0 Å². The monoisotopic (exact) mass is 392 g/mol. The molecule has 4 heteroatoms. The van der Waals surface area contributed by atoms with E-state index in [0.717, 1.165) is 8.81 Å². The molecule has 0 radical (unpaired) electrons. The van der Waals surface area contributed by atoms with E-state index in [1.165, 1.54) is 21.6 Å². The van der Waals surface area contributed by atoms with Crippen molar-refractivity contribution in [3.05, 3.63) is 54.6 Å². The van der Waals surface area contributed by atoms with Gasteiger partial charge in [0, 0.05) is 4.88 Å². The van der Waals surface area contributed by atoms with Gasteiger partial charge in [-0.05, 0) is 52.5 Å². The van der Waals surface area contributed by atoms with Crippen LogP contribution >= 0.6 is 54.8 Å². The highest BCUT2D eigenvalue weighted by molar-refractivity contribution is 9.11. The lowest BCUT2D eigenvalue weighted by atomic mass is 10.0. The van der Waals surface area contributed by atoms with E-state index >= 15 is 0 Å². The maximum Gasteiger partial charge on any atom is 0.0887 e. The van der Waals surface area contributed by atoms with E-state index in [4.69, 9.17) is 11.6 Å². The first-order chi connectivity index (χ1) is 8.00. The van der Waals surface area contributed by atoms with Crippen molar-refractivity contribution >= 4 is 54.8 Å². The summed E-state index contributed by atoms with van der Waals surface area (Å²) >= 11 is 15.0. The van der Waals surface area contributed by atoms with Gasteiger partial charge in [-0.25, -0.2) is 0 Å². The lowest BCUT2D eigenvalue weighted by Gasteiger charge is -2.13. The Labute approximate surface area is 127 Å². The number of rotatable bonds is 2. The molecule has 17 heavy (non-hydrogen) atoms. The van der Waals surface area contributed by atoms with Gasteiger partial charge >= 0.3 is 0 Å². The zero-order chi connectivity index (χ0) is 12.6. The molecule has 0 spiro atoms. The lowest BCUT2D eigenvalue weighted by molar-refractivity contribution is 1.15. The van der Waals surface area contributed by atoms with Crippen molar-refractivity contribution in [1.82, 2.24) is 0 Å². The second-order valence-electron chi connectivity index (χ2n) is 3.92. The Balaban J connectivity index is 2.43. The van der Waals surface area contributed by atoms with E-state index in [9.17, 15) is 0 Å². The summed E-state index contributed by atoms with van der Waals surface area (Å²) in [7, 11) is 0. The van der Waals surface area contributed by atoms with Crippen LogP contribution in [0.3, 0.4) is 0 Å². The molecule has 0 nitrogen and oxygen atoms in total. The number of thiophene rings is 1.